The average molecular weight is 412 g/mol. The Hall–Kier alpha value is -4.02. The first kappa shape index (κ1) is 19.3. The van der Waals surface area contributed by atoms with Crippen LogP contribution in [0.3, 0.4) is 0 Å². The molecule has 1 N–H and O–H groups in total. The lowest BCUT2D eigenvalue weighted by atomic mass is 10.0. The van der Waals surface area contributed by atoms with E-state index < -0.39 is 9.84 Å². The van der Waals surface area contributed by atoms with Gasteiger partial charge in [0.25, 0.3) is 0 Å². The van der Waals surface area contributed by atoms with Crippen LogP contribution < -0.4 is 5.32 Å². The largest absolute Gasteiger partial charge is 0.340 e. The van der Waals surface area contributed by atoms with Crippen LogP contribution in [0.5, 0.6) is 0 Å². The number of nitrogens with zero attached hydrogens (tertiary/aromatic N) is 3. The molecule has 0 aliphatic carbocycles. The van der Waals surface area contributed by atoms with Crippen LogP contribution in [0.15, 0.2) is 89.9 Å². The molecule has 0 bridgehead atoms. The number of rotatable bonds is 5. The zero-order chi connectivity index (χ0) is 21.1. The molecule has 6 nitrogen and oxygen atoms in total. The van der Waals surface area contributed by atoms with Crippen molar-refractivity contribution in [2.45, 2.75) is 4.90 Å². The van der Waals surface area contributed by atoms with Gasteiger partial charge in [0.2, 0.25) is 0 Å². The van der Waals surface area contributed by atoms with Gasteiger partial charge >= 0.3 is 0 Å². The molecule has 0 unspecified atom stereocenters. The van der Waals surface area contributed by atoms with Gasteiger partial charge in [-0.05, 0) is 48.5 Å². The van der Waals surface area contributed by atoms with Gasteiger partial charge in [0.15, 0.2) is 9.84 Å². The van der Waals surface area contributed by atoms with Crippen molar-refractivity contribution >= 4 is 32.1 Å². The summed E-state index contributed by atoms with van der Waals surface area (Å²) in [5.74, 6) is 0.590. The number of benzene rings is 2. The molecule has 2 heterocycles. The van der Waals surface area contributed by atoms with E-state index in [1.807, 2.05) is 24.3 Å². The fourth-order valence-electron chi connectivity index (χ4n) is 3.07. The number of anilines is 2. The summed E-state index contributed by atoms with van der Waals surface area (Å²) < 4.78 is 23.7. The van der Waals surface area contributed by atoms with Crippen LogP contribution in [0, 0.1) is 11.3 Å². The fraction of sp³-hybridized carbons (Fsp3) is 0. The second kappa shape index (κ2) is 7.78. The van der Waals surface area contributed by atoms with Crippen LogP contribution in [0.4, 0.5) is 11.5 Å². The van der Waals surface area contributed by atoms with Gasteiger partial charge in [-0.2, -0.15) is 5.26 Å². The van der Waals surface area contributed by atoms with E-state index in [1.54, 1.807) is 36.7 Å². The highest BCUT2D eigenvalue weighted by atomic mass is 32.2. The quantitative estimate of drug-likeness (QED) is 0.504. The smallest absolute Gasteiger partial charge is 0.199 e. The van der Waals surface area contributed by atoms with Gasteiger partial charge in [0.1, 0.15) is 5.82 Å². The number of aromatic nitrogens is 2. The van der Waals surface area contributed by atoms with Crippen molar-refractivity contribution < 1.29 is 8.42 Å². The predicted molar refractivity (Wildman–Crippen MR) is 117 cm³/mol. The fourth-order valence-corrected chi connectivity index (χ4v) is 3.78. The maximum atomic E-state index is 11.9. The van der Waals surface area contributed by atoms with Crippen LogP contribution in [0.25, 0.3) is 22.0 Å². The molecule has 4 rings (SSSR count). The Morgan fingerprint density at radius 3 is 2.57 bits per heavy atom. The molecule has 0 atom stereocenters. The van der Waals surface area contributed by atoms with Gasteiger partial charge in [-0.15, -0.1) is 0 Å². The normalized spacial score (nSPS) is 11.0. The summed E-state index contributed by atoms with van der Waals surface area (Å²) in [7, 11) is -3.47. The zero-order valence-corrected chi connectivity index (χ0v) is 16.6. The molecule has 0 spiro atoms. The minimum atomic E-state index is -3.47. The molecule has 0 fully saturated rings. The minimum Gasteiger partial charge on any atom is -0.340 e. The Kier molecular flexibility index (Phi) is 5.00. The van der Waals surface area contributed by atoms with E-state index in [2.05, 4.69) is 27.9 Å². The lowest BCUT2D eigenvalue weighted by Crippen LogP contribution is -1.97. The van der Waals surface area contributed by atoms with E-state index in [-0.39, 0.29) is 4.90 Å². The van der Waals surface area contributed by atoms with Crippen LogP contribution in [-0.2, 0) is 9.84 Å². The highest BCUT2D eigenvalue weighted by Gasteiger charge is 2.10. The molecule has 0 amide bonds. The monoisotopic (exact) mass is 412 g/mol. The van der Waals surface area contributed by atoms with Gasteiger partial charge in [-0.1, -0.05) is 18.7 Å². The van der Waals surface area contributed by atoms with Gasteiger partial charge in [-0.25, -0.2) is 13.4 Å². The van der Waals surface area contributed by atoms with Gasteiger partial charge in [0, 0.05) is 39.8 Å². The molecule has 0 radical (unpaired) electrons. The van der Waals surface area contributed by atoms with E-state index in [9.17, 15) is 13.7 Å². The minimum absolute atomic E-state index is 0.179. The third kappa shape index (κ3) is 3.77. The topological polar surface area (TPSA) is 95.7 Å². The number of fused-ring (bicyclic) bond motifs is 1. The summed E-state index contributed by atoms with van der Waals surface area (Å²) in [6.45, 7) is 3.33. The molecular formula is C23H16N4O2S. The van der Waals surface area contributed by atoms with Crippen LogP contribution in [0.2, 0.25) is 0 Å². The number of nitrogens with one attached hydrogen (secondary N) is 1. The number of sulfone groups is 1. The van der Waals surface area contributed by atoms with Crippen molar-refractivity contribution in [1.29, 1.82) is 5.26 Å². The van der Waals surface area contributed by atoms with E-state index in [4.69, 9.17) is 0 Å². The van der Waals surface area contributed by atoms with Gasteiger partial charge in [-0.3, -0.25) is 4.98 Å². The van der Waals surface area contributed by atoms with Crippen molar-refractivity contribution in [3.63, 3.8) is 0 Å². The number of hydrogen-bond acceptors (Lipinski definition) is 6. The average Bonchev–Trinajstić information content (AvgIpc) is 2.79. The molecule has 0 aliphatic rings. The summed E-state index contributed by atoms with van der Waals surface area (Å²) in [6.07, 6.45) is 3.46. The Morgan fingerprint density at radius 2 is 1.83 bits per heavy atom. The Balaban J connectivity index is 1.71. The van der Waals surface area contributed by atoms with Gasteiger partial charge in [0.05, 0.1) is 22.2 Å². The van der Waals surface area contributed by atoms with Crippen LogP contribution in [0.1, 0.15) is 5.56 Å². The zero-order valence-electron chi connectivity index (χ0n) is 15.8. The molecule has 0 saturated carbocycles. The highest BCUT2D eigenvalue weighted by molar-refractivity contribution is 7.94. The maximum absolute atomic E-state index is 11.9. The van der Waals surface area contributed by atoms with Crippen LogP contribution in [-0.4, -0.2) is 18.4 Å². The lowest BCUT2D eigenvalue weighted by molar-refractivity contribution is 0.605. The van der Waals surface area contributed by atoms with Gasteiger partial charge < -0.3 is 5.32 Å². The molecule has 2 aromatic carbocycles. The summed E-state index contributed by atoms with van der Waals surface area (Å²) in [5.41, 5.74) is 2.85. The van der Waals surface area contributed by atoms with Crippen molar-refractivity contribution in [2.75, 3.05) is 5.32 Å². The van der Waals surface area contributed by atoms with E-state index >= 15 is 0 Å². The first-order valence-corrected chi connectivity index (χ1v) is 10.5. The molecule has 30 heavy (non-hydrogen) atoms. The predicted octanol–water partition coefficient (Wildman–Crippen LogP) is 4.83. The summed E-state index contributed by atoms with van der Waals surface area (Å²) in [5, 5.41) is 15.1. The molecule has 4 aromatic rings. The molecule has 0 aliphatic heterocycles. The SMILES string of the molecule is C=CS(=O)(=O)c1ccc(Nc2cc3c(-c4cccc(C#N)c4)nccc3cn2)cc1. The Labute approximate surface area is 174 Å². The van der Waals surface area contributed by atoms with E-state index in [1.165, 1.54) is 12.1 Å². The third-order valence-corrected chi connectivity index (χ3v) is 5.96. The molecule has 0 saturated heterocycles. The second-order valence-electron chi connectivity index (χ2n) is 6.50. The number of nitriles is 1. The van der Waals surface area contributed by atoms with E-state index in [0.29, 0.717) is 17.1 Å². The molecule has 7 heteroatoms. The summed E-state index contributed by atoms with van der Waals surface area (Å²) in [4.78, 5) is 9.12. The van der Waals surface area contributed by atoms with Crippen molar-refractivity contribution in [1.82, 2.24) is 9.97 Å². The third-order valence-electron chi connectivity index (χ3n) is 4.59. The first-order valence-electron chi connectivity index (χ1n) is 9.00. The highest BCUT2D eigenvalue weighted by Crippen LogP contribution is 2.29. The van der Waals surface area contributed by atoms with Crippen molar-refractivity contribution in [3.05, 3.63) is 90.6 Å². The van der Waals surface area contributed by atoms with Crippen molar-refractivity contribution in [3.8, 4) is 17.3 Å². The van der Waals surface area contributed by atoms with Crippen molar-refractivity contribution in [2.24, 2.45) is 0 Å². The Morgan fingerprint density at radius 1 is 1.03 bits per heavy atom. The first-order chi connectivity index (χ1) is 14.5. The maximum Gasteiger partial charge on any atom is 0.199 e. The van der Waals surface area contributed by atoms with Crippen LogP contribution >= 0.6 is 0 Å². The molecular weight excluding hydrogens is 396 g/mol. The number of pyridine rings is 2. The lowest BCUT2D eigenvalue weighted by Gasteiger charge is -2.10. The summed E-state index contributed by atoms with van der Waals surface area (Å²) in [6, 6.07) is 19.6. The number of hydrogen-bond donors (Lipinski definition) is 1. The molecule has 146 valence electrons. The standard InChI is InChI=1S/C23H16N4O2S/c1-2-30(28,29)20-8-6-19(7-9-20)27-22-13-21-18(15-26-22)10-11-25-23(21)17-5-3-4-16(12-17)14-24/h2-13,15H,1H2,(H,26,27). The van der Waals surface area contributed by atoms with E-state index in [0.717, 1.165) is 27.4 Å². The summed E-state index contributed by atoms with van der Waals surface area (Å²) >= 11 is 0. The molecule has 2 aromatic heterocycles. The second-order valence-corrected chi connectivity index (χ2v) is 8.40. The Bertz CT molecular complexity index is 1410.